The van der Waals surface area contributed by atoms with Crippen LogP contribution in [0.3, 0.4) is 0 Å². The average molecular weight is 427 g/mol. The van der Waals surface area contributed by atoms with E-state index in [4.69, 9.17) is 0 Å². The number of phosphoric acid groups is 1. The molecule has 4 nitrogen and oxygen atoms in total. The van der Waals surface area contributed by atoms with Gasteiger partial charge in [0.25, 0.3) is 7.82 Å². The van der Waals surface area contributed by atoms with E-state index in [0.717, 1.165) is 25.7 Å². The van der Waals surface area contributed by atoms with E-state index in [0.29, 0.717) is 0 Å². The first kappa shape index (κ1) is 29.7. The molecule has 0 aliphatic heterocycles. The number of unbranched alkanes of at least 4 members (excludes halogenated alkanes) is 5. The fourth-order valence-electron chi connectivity index (χ4n) is 2.63. The van der Waals surface area contributed by atoms with Crippen LogP contribution < -0.4 is 4.89 Å². The lowest BCUT2D eigenvalue weighted by atomic mass is 10.4. The number of rotatable bonds is 17. The van der Waals surface area contributed by atoms with Gasteiger partial charge in [-0.3, -0.25) is 4.57 Å². The molecule has 0 aliphatic carbocycles. The summed E-state index contributed by atoms with van der Waals surface area (Å²) in [6.07, 6.45) is 16.5. The first-order valence-electron chi connectivity index (χ1n) is 11.2. The quantitative estimate of drug-likeness (QED) is 0.183. The van der Waals surface area contributed by atoms with E-state index in [2.05, 4.69) is 36.5 Å². The summed E-state index contributed by atoms with van der Waals surface area (Å²) >= 11 is 0. The second-order valence-corrected chi connectivity index (χ2v) is 13.7. The standard InChI is InChI=1S/C13H30P.C8H19O4P/c1-5-8-11-14(4,12-9-6-2)13-10-7-3;1-3-5-7-11-13(9,10)12-8-6-4-2/h5-13H2,1-4H3;3-8H2,1-2H3,(H,9,10)/q+1;/p-1. The highest BCUT2D eigenvalue weighted by atomic mass is 31.2. The van der Waals surface area contributed by atoms with E-state index in [-0.39, 0.29) is 13.2 Å². The van der Waals surface area contributed by atoms with Crippen LogP contribution in [-0.2, 0) is 13.6 Å². The molecule has 6 heteroatoms. The van der Waals surface area contributed by atoms with E-state index in [1.807, 2.05) is 13.8 Å². The minimum atomic E-state index is -4.00. The monoisotopic (exact) mass is 426 g/mol. The van der Waals surface area contributed by atoms with Crippen molar-refractivity contribution in [2.24, 2.45) is 0 Å². The maximum atomic E-state index is 11.0. The first-order chi connectivity index (χ1) is 12.8. The molecule has 0 aromatic carbocycles. The SMILES string of the molecule is CCCCOP(=O)([O-])OCCCC.CCCC[P+](C)(CCCC)CCCC. The largest absolute Gasteiger partial charge is 0.756 e. The predicted octanol–water partition coefficient (Wildman–Crippen LogP) is 7.12. The van der Waals surface area contributed by atoms with Gasteiger partial charge in [0.2, 0.25) is 0 Å². The highest BCUT2D eigenvalue weighted by Gasteiger charge is 2.28. The Hall–Kier alpha value is 0.540. The summed E-state index contributed by atoms with van der Waals surface area (Å²) in [7, 11) is -4.52. The summed E-state index contributed by atoms with van der Waals surface area (Å²) in [4.78, 5) is 11.0. The number of hydrogen-bond donors (Lipinski definition) is 0. The smallest absolute Gasteiger partial charge is 0.267 e. The summed E-state index contributed by atoms with van der Waals surface area (Å²) in [5.41, 5.74) is 0. The van der Waals surface area contributed by atoms with Gasteiger partial charge in [-0.05, 0) is 32.1 Å². The van der Waals surface area contributed by atoms with Crippen molar-refractivity contribution in [1.29, 1.82) is 0 Å². The maximum Gasteiger partial charge on any atom is 0.267 e. The zero-order chi connectivity index (χ0) is 21.0. The Balaban J connectivity index is 0. The first-order valence-corrected chi connectivity index (χ1v) is 15.5. The Morgan fingerprint density at radius 3 is 1.22 bits per heavy atom. The van der Waals surface area contributed by atoms with Crippen LogP contribution >= 0.6 is 15.1 Å². The third kappa shape index (κ3) is 21.1. The minimum Gasteiger partial charge on any atom is -0.756 e. The van der Waals surface area contributed by atoms with Crippen molar-refractivity contribution in [3.63, 3.8) is 0 Å². The van der Waals surface area contributed by atoms with Gasteiger partial charge < -0.3 is 13.9 Å². The topological polar surface area (TPSA) is 58.6 Å². The number of phosphoric ester groups is 1. The fraction of sp³-hybridized carbons (Fsp3) is 1.00. The van der Waals surface area contributed by atoms with Gasteiger partial charge in [-0.2, -0.15) is 0 Å². The molecule has 166 valence electrons. The average Bonchev–Trinajstić information content (AvgIpc) is 2.64. The van der Waals surface area contributed by atoms with Gasteiger partial charge >= 0.3 is 0 Å². The van der Waals surface area contributed by atoms with Crippen molar-refractivity contribution in [1.82, 2.24) is 0 Å². The molecule has 0 saturated heterocycles. The van der Waals surface area contributed by atoms with Crippen molar-refractivity contribution in [3.8, 4) is 0 Å². The van der Waals surface area contributed by atoms with Crippen molar-refractivity contribution >= 4 is 15.1 Å². The van der Waals surface area contributed by atoms with Crippen LogP contribution in [0, 0.1) is 0 Å². The zero-order valence-electron chi connectivity index (χ0n) is 19.1. The van der Waals surface area contributed by atoms with Crippen LogP contribution in [0.15, 0.2) is 0 Å². The molecule has 0 N–H and O–H groups in total. The molecule has 0 fully saturated rings. The Labute approximate surface area is 171 Å². The van der Waals surface area contributed by atoms with Crippen LogP contribution in [0.25, 0.3) is 0 Å². The summed E-state index contributed by atoms with van der Waals surface area (Å²) in [6, 6.07) is 0. The van der Waals surface area contributed by atoms with E-state index in [9.17, 15) is 9.46 Å². The number of hydrogen-bond acceptors (Lipinski definition) is 4. The van der Waals surface area contributed by atoms with Gasteiger partial charge in [-0.1, -0.05) is 66.7 Å². The Morgan fingerprint density at radius 2 is 0.963 bits per heavy atom. The van der Waals surface area contributed by atoms with Crippen LogP contribution in [0.2, 0.25) is 0 Å². The van der Waals surface area contributed by atoms with Crippen molar-refractivity contribution < 1.29 is 18.5 Å². The third-order valence-corrected chi connectivity index (χ3v) is 9.83. The molecular weight excluding hydrogens is 378 g/mol. The van der Waals surface area contributed by atoms with Crippen LogP contribution in [0.5, 0.6) is 0 Å². The minimum absolute atomic E-state index is 0.226. The molecule has 0 rings (SSSR count). The lowest BCUT2D eigenvalue weighted by Gasteiger charge is -2.22. The third-order valence-electron chi connectivity index (χ3n) is 4.65. The van der Waals surface area contributed by atoms with E-state index < -0.39 is 15.1 Å². The van der Waals surface area contributed by atoms with Gasteiger partial charge in [0.05, 0.1) is 31.7 Å². The lowest BCUT2D eigenvalue weighted by Crippen LogP contribution is -2.09. The molecule has 0 unspecified atom stereocenters. The van der Waals surface area contributed by atoms with Gasteiger partial charge in [0, 0.05) is 13.9 Å². The maximum absolute atomic E-state index is 11.0. The second kappa shape index (κ2) is 19.8. The molecule has 0 aromatic heterocycles. The van der Waals surface area contributed by atoms with Gasteiger partial charge in [0.1, 0.15) is 0 Å². The molecule has 0 amide bonds. The highest BCUT2D eigenvalue weighted by molar-refractivity contribution is 7.75. The lowest BCUT2D eigenvalue weighted by molar-refractivity contribution is -0.225. The van der Waals surface area contributed by atoms with Gasteiger partial charge in [-0.25, -0.2) is 0 Å². The molecule has 0 aromatic rings. The van der Waals surface area contributed by atoms with E-state index in [1.54, 1.807) is 18.5 Å². The highest BCUT2D eigenvalue weighted by Crippen LogP contribution is 2.57. The van der Waals surface area contributed by atoms with Crippen LogP contribution in [0.1, 0.15) is 98.8 Å². The van der Waals surface area contributed by atoms with Crippen LogP contribution in [0.4, 0.5) is 0 Å². The fourth-order valence-corrected chi connectivity index (χ4v) is 7.32. The van der Waals surface area contributed by atoms with E-state index in [1.165, 1.54) is 38.5 Å². The van der Waals surface area contributed by atoms with Crippen molar-refractivity contribution in [2.45, 2.75) is 98.8 Å². The molecule has 27 heavy (non-hydrogen) atoms. The Bertz CT molecular complexity index is 315. The summed E-state index contributed by atoms with van der Waals surface area (Å²) in [6.45, 7) is 14.0. The molecule has 0 atom stereocenters. The molecule has 0 heterocycles. The molecule has 0 bridgehead atoms. The predicted molar refractivity (Wildman–Crippen MR) is 121 cm³/mol. The molecule has 0 aliphatic rings. The van der Waals surface area contributed by atoms with Gasteiger partial charge in [-0.15, -0.1) is 0 Å². The zero-order valence-corrected chi connectivity index (χ0v) is 20.9. The van der Waals surface area contributed by atoms with Crippen LogP contribution in [-0.4, -0.2) is 38.4 Å². The summed E-state index contributed by atoms with van der Waals surface area (Å²) < 4.78 is 20.2. The molecule has 0 spiro atoms. The second-order valence-electron chi connectivity index (χ2n) is 7.67. The van der Waals surface area contributed by atoms with E-state index >= 15 is 0 Å². The molecule has 0 radical (unpaired) electrons. The summed E-state index contributed by atoms with van der Waals surface area (Å²) in [5.74, 6) is 0. The normalized spacial score (nSPS) is 12.0. The van der Waals surface area contributed by atoms with Crippen molar-refractivity contribution in [3.05, 3.63) is 0 Å². The molecular formula is C21H48O4P2. The summed E-state index contributed by atoms with van der Waals surface area (Å²) in [5, 5.41) is 0. The molecule has 0 saturated carbocycles. The Kier molecular flexibility index (Phi) is 21.9. The van der Waals surface area contributed by atoms with Crippen molar-refractivity contribution in [2.75, 3.05) is 38.4 Å². The Morgan fingerprint density at radius 1 is 0.667 bits per heavy atom. The van der Waals surface area contributed by atoms with Gasteiger partial charge in [0.15, 0.2) is 0 Å².